The Kier molecular flexibility index (Phi) is 4.68. The lowest BCUT2D eigenvalue weighted by atomic mass is 10.1. The van der Waals surface area contributed by atoms with Crippen molar-refractivity contribution < 1.29 is 0 Å². The molecule has 0 saturated heterocycles. The third-order valence-corrected chi connectivity index (χ3v) is 3.52. The molecule has 1 heteroatoms. The van der Waals surface area contributed by atoms with E-state index >= 15 is 0 Å². The van der Waals surface area contributed by atoms with Gasteiger partial charge in [-0.25, -0.2) is 0 Å². The van der Waals surface area contributed by atoms with Gasteiger partial charge in [0.25, 0.3) is 0 Å². The minimum Gasteiger partial charge on any atom is -0.380 e. The highest BCUT2D eigenvalue weighted by atomic mass is 14.9. The van der Waals surface area contributed by atoms with Crippen LogP contribution in [0.3, 0.4) is 0 Å². The number of hydrogen-bond acceptors (Lipinski definition) is 1. The first-order valence-electron chi connectivity index (χ1n) is 7.52. The molecule has 1 nitrogen and oxygen atoms in total. The van der Waals surface area contributed by atoms with Gasteiger partial charge in [0.05, 0.1) is 0 Å². The summed E-state index contributed by atoms with van der Waals surface area (Å²) in [6.45, 7) is 0.814. The maximum absolute atomic E-state index is 3.56. The second-order valence-electron chi connectivity index (χ2n) is 5.17. The number of nitrogens with one attached hydrogen (secondary N) is 1. The van der Waals surface area contributed by atoms with E-state index in [1.54, 1.807) is 0 Å². The molecular formula is C21H19N. The van der Waals surface area contributed by atoms with Crippen molar-refractivity contribution in [2.24, 2.45) is 0 Å². The number of rotatable bonds is 5. The molecule has 0 unspecified atom stereocenters. The zero-order valence-electron chi connectivity index (χ0n) is 12.4. The Morgan fingerprint density at radius 3 is 1.86 bits per heavy atom. The molecular weight excluding hydrogens is 266 g/mol. The van der Waals surface area contributed by atoms with Crippen molar-refractivity contribution in [1.29, 1.82) is 0 Å². The normalized spacial score (nSPS) is 11.2. The minimum absolute atomic E-state index is 0.814. The average Bonchev–Trinajstić information content (AvgIpc) is 2.61. The summed E-state index contributed by atoms with van der Waals surface area (Å²) >= 11 is 0. The Morgan fingerprint density at radius 1 is 0.682 bits per heavy atom. The molecule has 0 fully saturated rings. The molecule has 108 valence electrons. The Bertz CT molecular complexity index is 716. The zero-order valence-corrected chi connectivity index (χ0v) is 12.4. The first kappa shape index (κ1) is 14.2. The Hall–Kier alpha value is -2.80. The molecule has 0 spiro atoms. The lowest BCUT2D eigenvalue weighted by Gasteiger charge is -2.12. The SMILES string of the molecule is C(=C(/NCc1ccccc1)c1ccccc1)/c1ccccc1. The van der Waals surface area contributed by atoms with Gasteiger partial charge in [-0.15, -0.1) is 0 Å². The lowest BCUT2D eigenvalue weighted by molar-refractivity contribution is 0.893. The third-order valence-electron chi connectivity index (χ3n) is 3.52. The predicted octanol–water partition coefficient (Wildman–Crippen LogP) is 4.97. The van der Waals surface area contributed by atoms with Gasteiger partial charge >= 0.3 is 0 Å². The van der Waals surface area contributed by atoms with Gasteiger partial charge in [0.1, 0.15) is 0 Å². The van der Waals surface area contributed by atoms with Crippen LogP contribution in [-0.2, 0) is 6.54 Å². The van der Waals surface area contributed by atoms with E-state index in [-0.39, 0.29) is 0 Å². The van der Waals surface area contributed by atoms with Gasteiger partial charge < -0.3 is 5.32 Å². The van der Waals surface area contributed by atoms with E-state index < -0.39 is 0 Å². The molecule has 3 aromatic rings. The molecule has 0 bridgehead atoms. The van der Waals surface area contributed by atoms with Crippen molar-refractivity contribution in [1.82, 2.24) is 5.32 Å². The van der Waals surface area contributed by atoms with E-state index in [9.17, 15) is 0 Å². The van der Waals surface area contributed by atoms with Gasteiger partial charge in [0.15, 0.2) is 0 Å². The summed E-state index contributed by atoms with van der Waals surface area (Å²) < 4.78 is 0. The first-order valence-corrected chi connectivity index (χ1v) is 7.52. The monoisotopic (exact) mass is 285 g/mol. The summed E-state index contributed by atoms with van der Waals surface area (Å²) in [7, 11) is 0. The molecule has 3 rings (SSSR count). The van der Waals surface area contributed by atoms with Gasteiger partial charge in [-0.05, 0) is 22.8 Å². The summed E-state index contributed by atoms with van der Waals surface area (Å²) in [5.41, 5.74) is 4.80. The predicted molar refractivity (Wildman–Crippen MR) is 94.0 cm³/mol. The molecule has 22 heavy (non-hydrogen) atoms. The van der Waals surface area contributed by atoms with Crippen LogP contribution in [0.2, 0.25) is 0 Å². The lowest BCUT2D eigenvalue weighted by Crippen LogP contribution is -2.11. The molecule has 0 aliphatic rings. The molecule has 0 radical (unpaired) electrons. The van der Waals surface area contributed by atoms with Crippen LogP contribution in [0, 0.1) is 0 Å². The van der Waals surface area contributed by atoms with Crippen LogP contribution in [0.5, 0.6) is 0 Å². The molecule has 0 heterocycles. The van der Waals surface area contributed by atoms with Crippen molar-refractivity contribution in [3.05, 3.63) is 108 Å². The van der Waals surface area contributed by atoms with Crippen molar-refractivity contribution in [2.45, 2.75) is 6.54 Å². The van der Waals surface area contributed by atoms with Crippen molar-refractivity contribution >= 4 is 11.8 Å². The third kappa shape index (κ3) is 3.86. The Balaban J connectivity index is 1.85. The second kappa shape index (κ2) is 7.28. The number of hydrogen-bond donors (Lipinski definition) is 1. The van der Waals surface area contributed by atoms with Crippen LogP contribution in [0.15, 0.2) is 91.0 Å². The zero-order chi connectivity index (χ0) is 15.0. The second-order valence-corrected chi connectivity index (χ2v) is 5.17. The van der Waals surface area contributed by atoms with E-state index in [0.29, 0.717) is 0 Å². The first-order chi connectivity index (χ1) is 10.9. The Morgan fingerprint density at radius 2 is 1.23 bits per heavy atom. The fourth-order valence-electron chi connectivity index (χ4n) is 2.36. The van der Waals surface area contributed by atoms with Gasteiger partial charge in [-0.3, -0.25) is 0 Å². The highest BCUT2D eigenvalue weighted by molar-refractivity contribution is 5.80. The van der Waals surface area contributed by atoms with E-state index in [0.717, 1.165) is 12.2 Å². The van der Waals surface area contributed by atoms with Crippen LogP contribution in [0.25, 0.3) is 11.8 Å². The molecule has 0 amide bonds. The largest absolute Gasteiger partial charge is 0.380 e. The fraction of sp³-hybridized carbons (Fsp3) is 0.0476. The average molecular weight is 285 g/mol. The molecule has 1 N–H and O–H groups in total. The highest BCUT2D eigenvalue weighted by Crippen LogP contribution is 2.16. The summed E-state index contributed by atoms with van der Waals surface area (Å²) in [5.74, 6) is 0. The van der Waals surface area contributed by atoms with Crippen LogP contribution >= 0.6 is 0 Å². The van der Waals surface area contributed by atoms with Crippen molar-refractivity contribution in [3.63, 3.8) is 0 Å². The maximum Gasteiger partial charge on any atom is 0.0422 e. The van der Waals surface area contributed by atoms with Gasteiger partial charge in [0, 0.05) is 12.2 Å². The van der Waals surface area contributed by atoms with E-state index in [4.69, 9.17) is 0 Å². The summed E-state index contributed by atoms with van der Waals surface area (Å²) in [6.07, 6.45) is 2.19. The minimum atomic E-state index is 0.814. The maximum atomic E-state index is 3.56. The molecule has 0 saturated carbocycles. The topological polar surface area (TPSA) is 12.0 Å². The molecule has 3 aromatic carbocycles. The fourth-order valence-corrected chi connectivity index (χ4v) is 2.36. The van der Waals surface area contributed by atoms with E-state index in [2.05, 4.69) is 84.2 Å². The quantitative estimate of drug-likeness (QED) is 0.652. The van der Waals surface area contributed by atoms with Gasteiger partial charge in [-0.2, -0.15) is 0 Å². The van der Waals surface area contributed by atoms with E-state index in [1.165, 1.54) is 16.7 Å². The molecule has 0 atom stereocenters. The Labute approximate surface area is 132 Å². The smallest absolute Gasteiger partial charge is 0.0422 e. The van der Waals surface area contributed by atoms with E-state index in [1.807, 2.05) is 18.2 Å². The van der Waals surface area contributed by atoms with Crippen LogP contribution in [0.1, 0.15) is 16.7 Å². The van der Waals surface area contributed by atoms with Crippen LogP contribution < -0.4 is 5.32 Å². The van der Waals surface area contributed by atoms with Crippen LogP contribution in [-0.4, -0.2) is 0 Å². The summed E-state index contributed by atoms with van der Waals surface area (Å²) in [5, 5.41) is 3.56. The number of benzene rings is 3. The van der Waals surface area contributed by atoms with Gasteiger partial charge in [0.2, 0.25) is 0 Å². The van der Waals surface area contributed by atoms with Crippen LogP contribution in [0.4, 0.5) is 0 Å². The van der Waals surface area contributed by atoms with Gasteiger partial charge in [-0.1, -0.05) is 91.0 Å². The molecule has 0 aliphatic heterocycles. The molecule has 0 aliphatic carbocycles. The van der Waals surface area contributed by atoms with Crippen molar-refractivity contribution in [3.8, 4) is 0 Å². The summed E-state index contributed by atoms with van der Waals surface area (Å²) in [4.78, 5) is 0. The summed E-state index contributed by atoms with van der Waals surface area (Å²) in [6, 6.07) is 31.3. The highest BCUT2D eigenvalue weighted by Gasteiger charge is 2.01. The van der Waals surface area contributed by atoms with Crippen molar-refractivity contribution in [2.75, 3.05) is 0 Å². The standard InChI is InChI=1S/C21H19N/c1-4-10-18(11-5-1)16-21(20-14-8-3-9-15-20)22-17-19-12-6-2-7-13-19/h1-16,22H,17H2/b21-16-. The molecule has 0 aromatic heterocycles.